The fourth-order valence-corrected chi connectivity index (χ4v) is 9.18. The molecule has 2 aromatic heterocycles. The molecule has 3 aliphatic heterocycles. The van der Waals surface area contributed by atoms with Crippen LogP contribution in [0.4, 0.5) is 19.6 Å². The quantitative estimate of drug-likeness (QED) is 0.220. The molecule has 1 amide bonds. The minimum absolute atomic E-state index is 0.0210. The highest BCUT2D eigenvalue weighted by Gasteiger charge is 2.45. The number of halogens is 3. The van der Waals surface area contributed by atoms with Gasteiger partial charge in [-0.1, -0.05) is 24.2 Å². The number of nitrogens with two attached hydrogens (primary N) is 1. The number of aromatic nitrogens is 2. The largest absolute Gasteiger partial charge is 0.461 e. The molecular formula is C34H34ClF2N7O2S. The molecule has 2 aromatic carbocycles. The second-order valence-corrected chi connectivity index (χ2v) is 14.1. The van der Waals surface area contributed by atoms with Gasteiger partial charge in [0, 0.05) is 36.0 Å². The number of hydrogen-bond acceptors (Lipinski definition) is 9. The summed E-state index contributed by atoms with van der Waals surface area (Å²) in [7, 11) is 1.86. The maximum Gasteiger partial charge on any atom is 0.319 e. The lowest BCUT2D eigenvalue weighted by atomic mass is 9.95. The van der Waals surface area contributed by atoms with E-state index in [0.29, 0.717) is 30.8 Å². The smallest absolute Gasteiger partial charge is 0.319 e. The molecule has 47 heavy (non-hydrogen) atoms. The van der Waals surface area contributed by atoms with Crippen LogP contribution in [0.25, 0.3) is 32.1 Å². The lowest BCUT2D eigenvalue weighted by molar-refractivity contribution is -0.126. The Hall–Kier alpha value is -4.05. The average molecular weight is 678 g/mol. The Morgan fingerprint density at radius 1 is 1.30 bits per heavy atom. The topological polar surface area (TPSA) is 112 Å². The molecular weight excluding hydrogens is 644 g/mol. The third-order valence-corrected chi connectivity index (χ3v) is 11.7. The van der Waals surface area contributed by atoms with E-state index in [1.54, 1.807) is 11.0 Å². The van der Waals surface area contributed by atoms with E-state index in [0.717, 1.165) is 50.1 Å². The van der Waals surface area contributed by atoms with Gasteiger partial charge in [0.05, 0.1) is 26.9 Å². The number of carbonyl (C=O) groups excluding carboxylic acids is 1. The molecule has 0 saturated carbocycles. The molecule has 0 bridgehead atoms. The molecule has 2 atom stereocenters. The maximum atomic E-state index is 17.0. The maximum absolute atomic E-state index is 17.0. The summed E-state index contributed by atoms with van der Waals surface area (Å²) in [6.07, 6.45) is 6.18. The number of likely N-dealkylation sites (N-methyl/N-ethyl adjacent to an activating group) is 1. The third kappa shape index (κ3) is 4.98. The Morgan fingerprint density at radius 3 is 2.74 bits per heavy atom. The predicted molar refractivity (Wildman–Crippen MR) is 181 cm³/mol. The standard InChI is InChI=1S/C34H34ClF2N7O2S/c1-4-25(45)44-14-9-24(18(44)2)42(3)32-20-15-22(35)27(19-7-8-23(36)30-26(19)21(16-38)31(39)47-30)28(37)29(20)40-33(41-32)46-17-34-10-5-12-43(34)13-6-11-34/h4,7-8,15,18,24H,1,5-6,9-14,17,39H2,2-3H3/t18-,24-/m1/s1. The van der Waals surface area contributed by atoms with Crippen LogP contribution in [0.2, 0.25) is 5.02 Å². The molecule has 13 heteroatoms. The van der Waals surface area contributed by atoms with Gasteiger partial charge in [-0.15, -0.1) is 11.3 Å². The number of hydrogen-bond donors (Lipinski definition) is 1. The van der Waals surface area contributed by atoms with Crippen molar-refractivity contribution in [2.45, 2.75) is 56.7 Å². The van der Waals surface area contributed by atoms with Crippen LogP contribution in [0.5, 0.6) is 6.01 Å². The van der Waals surface area contributed by atoms with Crippen LogP contribution in [0, 0.1) is 23.0 Å². The van der Waals surface area contributed by atoms with Gasteiger partial charge in [-0.3, -0.25) is 9.69 Å². The predicted octanol–water partition coefficient (Wildman–Crippen LogP) is 6.52. The highest BCUT2D eigenvalue weighted by atomic mass is 35.5. The summed E-state index contributed by atoms with van der Waals surface area (Å²) < 4.78 is 38.4. The van der Waals surface area contributed by atoms with E-state index in [9.17, 15) is 14.4 Å². The van der Waals surface area contributed by atoms with Gasteiger partial charge in [0.15, 0.2) is 5.82 Å². The number of rotatable bonds is 7. The SMILES string of the molecule is C=CC(=O)N1CC[C@@H](N(C)c2nc(OCC34CCCN3CCC4)nc3c(F)c(-c4ccc(F)c5sc(N)c(C#N)c45)c(Cl)cc23)[C@H]1C. The summed E-state index contributed by atoms with van der Waals surface area (Å²) in [4.78, 5) is 28.1. The molecule has 244 valence electrons. The van der Waals surface area contributed by atoms with Crippen LogP contribution < -0.4 is 15.4 Å². The summed E-state index contributed by atoms with van der Waals surface area (Å²) in [6.45, 7) is 8.57. The first-order chi connectivity index (χ1) is 22.6. The number of nitrogens with zero attached hydrogens (tertiary/aromatic N) is 6. The van der Waals surface area contributed by atoms with Gasteiger partial charge in [-0.2, -0.15) is 15.2 Å². The first-order valence-electron chi connectivity index (χ1n) is 15.7. The molecule has 3 saturated heterocycles. The van der Waals surface area contributed by atoms with Gasteiger partial charge in [-0.25, -0.2) is 8.78 Å². The number of nitriles is 1. The number of thiophene rings is 1. The first-order valence-corrected chi connectivity index (χ1v) is 16.9. The Labute approximate surface area is 280 Å². The Morgan fingerprint density at radius 2 is 2.04 bits per heavy atom. The Kier molecular flexibility index (Phi) is 7.97. The zero-order valence-corrected chi connectivity index (χ0v) is 27.7. The number of nitrogen functional groups attached to an aromatic ring is 1. The minimum Gasteiger partial charge on any atom is -0.461 e. The number of ether oxygens (including phenoxy) is 1. The van der Waals surface area contributed by atoms with Crippen molar-refractivity contribution < 1.29 is 18.3 Å². The molecule has 9 nitrogen and oxygen atoms in total. The lowest BCUT2D eigenvalue weighted by Crippen LogP contribution is -2.44. The minimum atomic E-state index is -0.750. The number of anilines is 2. The van der Waals surface area contributed by atoms with E-state index < -0.39 is 11.6 Å². The molecule has 0 unspecified atom stereocenters. The molecule has 3 aliphatic rings. The Bertz CT molecular complexity index is 1990. The summed E-state index contributed by atoms with van der Waals surface area (Å²) >= 11 is 7.79. The fourth-order valence-electron chi connectivity index (χ4n) is 7.94. The summed E-state index contributed by atoms with van der Waals surface area (Å²) in [6, 6.07) is 5.98. The van der Waals surface area contributed by atoms with Gasteiger partial charge >= 0.3 is 6.01 Å². The number of carbonyl (C=O) groups is 1. The molecule has 0 radical (unpaired) electrons. The number of likely N-dealkylation sites (tertiary alicyclic amines) is 1. The van der Waals surface area contributed by atoms with Crippen LogP contribution >= 0.6 is 22.9 Å². The van der Waals surface area contributed by atoms with Crippen LogP contribution in [0.3, 0.4) is 0 Å². The second-order valence-electron chi connectivity index (χ2n) is 12.7. The molecule has 0 spiro atoms. The zero-order chi connectivity index (χ0) is 33.2. The van der Waals surface area contributed by atoms with Crippen molar-refractivity contribution in [2.24, 2.45) is 0 Å². The van der Waals surface area contributed by atoms with Gasteiger partial charge in [-0.05, 0) is 75.9 Å². The van der Waals surface area contributed by atoms with Crippen molar-refractivity contribution in [3.8, 4) is 23.2 Å². The highest BCUT2D eigenvalue weighted by molar-refractivity contribution is 7.23. The normalized spacial score (nSPS) is 20.6. The van der Waals surface area contributed by atoms with Crippen molar-refractivity contribution in [3.63, 3.8) is 0 Å². The lowest BCUT2D eigenvalue weighted by Gasteiger charge is -2.33. The van der Waals surface area contributed by atoms with Crippen molar-refractivity contribution in [2.75, 3.05) is 43.9 Å². The van der Waals surface area contributed by atoms with E-state index in [2.05, 4.69) is 16.5 Å². The summed E-state index contributed by atoms with van der Waals surface area (Å²) in [5, 5.41) is 10.6. The van der Waals surface area contributed by atoms with Crippen LogP contribution in [-0.4, -0.2) is 76.6 Å². The number of fused-ring (bicyclic) bond motifs is 3. The highest BCUT2D eigenvalue weighted by Crippen LogP contribution is 2.46. The van der Waals surface area contributed by atoms with Crippen LogP contribution in [-0.2, 0) is 4.79 Å². The third-order valence-electron chi connectivity index (χ3n) is 10.3. The number of benzene rings is 2. The van der Waals surface area contributed by atoms with Crippen molar-refractivity contribution >= 4 is 60.7 Å². The molecule has 3 fully saturated rings. The van der Waals surface area contributed by atoms with Crippen molar-refractivity contribution in [3.05, 3.63) is 53.1 Å². The van der Waals surface area contributed by atoms with Gasteiger partial charge < -0.3 is 20.3 Å². The van der Waals surface area contributed by atoms with Crippen LogP contribution in [0.1, 0.15) is 44.6 Å². The zero-order valence-electron chi connectivity index (χ0n) is 26.2. The molecule has 5 heterocycles. The monoisotopic (exact) mass is 677 g/mol. The van der Waals surface area contributed by atoms with Crippen LogP contribution in [0.15, 0.2) is 30.9 Å². The van der Waals surface area contributed by atoms with Gasteiger partial charge in [0.2, 0.25) is 5.91 Å². The van der Waals surface area contributed by atoms with E-state index >= 15 is 4.39 Å². The van der Waals surface area contributed by atoms with Crippen molar-refractivity contribution in [1.82, 2.24) is 19.8 Å². The van der Waals surface area contributed by atoms with Gasteiger partial charge in [0.1, 0.15) is 34.8 Å². The Balaban J connectivity index is 1.39. The fraction of sp³-hybridized carbons (Fsp3) is 0.412. The van der Waals surface area contributed by atoms with E-state index in [1.807, 2.05) is 24.9 Å². The first kappa shape index (κ1) is 31.5. The van der Waals surface area contributed by atoms with E-state index in [4.69, 9.17) is 27.1 Å². The molecule has 4 aromatic rings. The second kappa shape index (κ2) is 11.9. The summed E-state index contributed by atoms with van der Waals surface area (Å²) in [5.41, 5.74) is 6.24. The summed E-state index contributed by atoms with van der Waals surface area (Å²) in [5.74, 6) is -1.06. The van der Waals surface area contributed by atoms with Gasteiger partial charge in [0.25, 0.3) is 0 Å². The van der Waals surface area contributed by atoms with E-state index in [-0.39, 0.29) is 71.9 Å². The van der Waals surface area contributed by atoms with Crippen molar-refractivity contribution in [1.29, 1.82) is 5.26 Å². The average Bonchev–Trinajstić information content (AvgIpc) is 3.82. The molecule has 2 N–H and O–H groups in total. The number of amides is 1. The van der Waals surface area contributed by atoms with E-state index in [1.165, 1.54) is 18.2 Å². The molecule has 0 aliphatic carbocycles. The molecule has 7 rings (SSSR count).